The van der Waals surface area contributed by atoms with Gasteiger partial charge < -0.3 is 14.9 Å². The van der Waals surface area contributed by atoms with Crippen LogP contribution in [0.2, 0.25) is 0 Å². The quantitative estimate of drug-likeness (QED) is 0.537. The van der Waals surface area contributed by atoms with E-state index in [1.54, 1.807) is 11.9 Å². The van der Waals surface area contributed by atoms with Crippen molar-refractivity contribution in [2.24, 2.45) is 0 Å². The van der Waals surface area contributed by atoms with Gasteiger partial charge in [-0.25, -0.2) is 4.39 Å². The maximum Gasteiger partial charge on any atom is 0.180 e. The summed E-state index contributed by atoms with van der Waals surface area (Å²) in [5, 5.41) is 18.0. The number of phenolic OH excluding ortho intramolecular Hbond substituents is 1. The van der Waals surface area contributed by atoms with Crippen LogP contribution in [0.15, 0.2) is 18.2 Å². The molecule has 0 aliphatic rings. The van der Waals surface area contributed by atoms with Crippen LogP contribution < -0.4 is 0 Å². The normalized spacial score (nSPS) is 10.9. The number of aliphatic hydroxyl groups excluding tert-OH is 1. The molecule has 0 aromatic heterocycles. The monoisotopic (exact) mass is 271 g/mol. The topological polar surface area (TPSA) is 70.0 Å². The van der Waals surface area contributed by atoms with Gasteiger partial charge in [-0.15, -0.1) is 0 Å². The van der Waals surface area contributed by atoms with Gasteiger partial charge in [-0.1, -0.05) is 0 Å². The summed E-state index contributed by atoms with van der Waals surface area (Å²) in [6, 6.07) is 3.28. The average molecular weight is 271 g/mol. The Morgan fingerprint density at radius 1 is 1.42 bits per heavy atom. The molecule has 0 saturated carbocycles. The van der Waals surface area contributed by atoms with Crippen molar-refractivity contribution in [2.45, 2.75) is 0 Å². The molecule has 0 spiro atoms. The fourth-order valence-corrected chi connectivity index (χ4v) is 1.53. The molecule has 1 aromatic rings. The van der Waals surface area contributed by atoms with Crippen molar-refractivity contribution in [3.63, 3.8) is 0 Å². The Kier molecular flexibility index (Phi) is 6.41. The number of aliphatic hydroxyl groups is 1. The zero-order valence-corrected chi connectivity index (χ0v) is 10.8. The molecule has 5 nitrogen and oxygen atoms in total. The molecule has 1 rings (SSSR count). The first-order chi connectivity index (χ1) is 9.04. The van der Waals surface area contributed by atoms with Crippen molar-refractivity contribution in [2.75, 3.05) is 40.0 Å². The van der Waals surface area contributed by atoms with Gasteiger partial charge in [0, 0.05) is 6.54 Å². The van der Waals surface area contributed by atoms with Crippen LogP contribution in [-0.2, 0) is 4.74 Å². The van der Waals surface area contributed by atoms with Gasteiger partial charge in [0.2, 0.25) is 0 Å². The molecule has 106 valence electrons. The van der Waals surface area contributed by atoms with Crippen LogP contribution in [0.25, 0.3) is 0 Å². The first-order valence-corrected chi connectivity index (χ1v) is 5.93. The van der Waals surface area contributed by atoms with Gasteiger partial charge in [-0.2, -0.15) is 0 Å². The summed E-state index contributed by atoms with van der Waals surface area (Å²) in [5.74, 6) is -1.15. The van der Waals surface area contributed by atoms with Crippen LogP contribution in [0.3, 0.4) is 0 Å². The molecule has 0 unspecified atom stereocenters. The highest BCUT2D eigenvalue weighted by molar-refractivity contribution is 5.99. The standard InChI is InChI=1S/C13H18FNO4/c1-15(4-6-19-7-5-16)9-13(18)11-8-10(14)2-3-12(11)17/h2-3,8,16-17H,4-7,9H2,1H3. The summed E-state index contributed by atoms with van der Waals surface area (Å²) in [6.45, 7) is 1.16. The summed E-state index contributed by atoms with van der Waals surface area (Å²) in [6.07, 6.45) is 0. The average Bonchev–Trinajstić information content (AvgIpc) is 2.37. The number of phenols is 1. The van der Waals surface area contributed by atoms with Crippen LogP contribution >= 0.6 is 0 Å². The Hall–Kier alpha value is -1.50. The molecule has 2 N–H and O–H groups in total. The Bertz CT molecular complexity index is 425. The molecule has 0 heterocycles. The molecule has 6 heteroatoms. The van der Waals surface area contributed by atoms with E-state index in [4.69, 9.17) is 9.84 Å². The van der Waals surface area contributed by atoms with E-state index in [1.807, 2.05) is 0 Å². The number of aromatic hydroxyl groups is 1. The molecule has 0 amide bonds. The third kappa shape index (κ3) is 5.34. The second-order valence-electron chi connectivity index (χ2n) is 4.16. The van der Waals surface area contributed by atoms with E-state index in [2.05, 4.69) is 0 Å². The number of hydrogen-bond acceptors (Lipinski definition) is 5. The smallest absolute Gasteiger partial charge is 0.180 e. The Morgan fingerprint density at radius 2 is 2.16 bits per heavy atom. The minimum atomic E-state index is -0.560. The molecule has 19 heavy (non-hydrogen) atoms. The van der Waals surface area contributed by atoms with E-state index < -0.39 is 5.82 Å². The fourth-order valence-electron chi connectivity index (χ4n) is 1.53. The van der Waals surface area contributed by atoms with Crippen molar-refractivity contribution in [3.8, 4) is 5.75 Å². The molecular weight excluding hydrogens is 253 g/mol. The SMILES string of the molecule is CN(CCOCCO)CC(=O)c1cc(F)ccc1O. The number of likely N-dealkylation sites (N-methyl/N-ethyl adjacent to an activating group) is 1. The second-order valence-corrected chi connectivity index (χ2v) is 4.16. The minimum absolute atomic E-state index is 0.0249. The Balaban J connectivity index is 2.47. The number of halogens is 1. The predicted molar refractivity (Wildman–Crippen MR) is 67.8 cm³/mol. The van der Waals surface area contributed by atoms with Crippen molar-refractivity contribution in [3.05, 3.63) is 29.6 Å². The van der Waals surface area contributed by atoms with E-state index in [9.17, 15) is 14.3 Å². The molecule has 0 saturated heterocycles. The molecule has 1 aromatic carbocycles. The van der Waals surface area contributed by atoms with E-state index in [0.717, 1.165) is 18.2 Å². The highest BCUT2D eigenvalue weighted by Crippen LogP contribution is 2.18. The van der Waals surface area contributed by atoms with E-state index in [0.29, 0.717) is 13.2 Å². The van der Waals surface area contributed by atoms with Crippen molar-refractivity contribution in [1.29, 1.82) is 0 Å². The van der Waals surface area contributed by atoms with E-state index >= 15 is 0 Å². The van der Waals surface area contributed by atoms with Gasteiger partial charge >= 0.3 is 0 Å². The number of ether oxygens (including phenoxy) is 1. The molecule has 0 atom stereocenters. The predicted octanol–water partition coefficient (Wildman–Crippen LogP) is 0.655. The van der Waals surface area contributed by atoms with Crippen LogP contribution in [0.5, 0.6) is 5.75 Å². The van der Waals surface area contributed by atoms with Crippen LogP contribution in [0, 0.1) is 5.82 Å². The van der Waals surface area contributed by atoms with E-state index in [1.165, 1.54) is 0 Å². The first kappa shape index (κ1) is 15.6. The van der Waals surface area contributed by atoms with Crippen LogP contribution in [-0.4, -0.2) is 60.9 Å². The Labute approximate surface area is 111 Å². The third-order valence-electron chi connectivity index (χ3n) is 2.53. The van der Waals surface area contributed by atoms with Gasteiger partial charge in [0.05, 0.1) is 31.9 Å². The molecule has 0 aliphatic carbocycles. The molecule has 0 bridgehead atoms. The summed E-state index contributed by atoms with van der Waals surface area (Å²) < 4.78 is 18.1. The van der Waals surface area contributed by atoms with Crippen molar-refractivity contribution >= 4 is 5.78 Å². The highest BCUT2D eigenvalue weighted by Gasteiger charge is 2.14. The maximum absolute atomic E-state index is 13.0. The largest absolute Gasteiger partial charge is 0.507 e. The summed E-state index contributed by atoms with van der Waals surface area (Å²) in [7, 11) is 1.72. The number of carbonyl (C=O) groups excluding carboxylic acids is 1. The lowest BCUT2D eigenvalue weighted by Gasteiger charge is -2.16. The van der Waals surface area contributed by atoms with Crippen molar-refractivity contribution < 1.29 is 24.1 Å². The molecule has 0 fully saturated rings. The summed E-state index contributed by atoms with van der Waals surface area (Å²) in [5.41, 5.74) is -0.0249. The zero-order valence-electron chi connectivity index (χ0n) is 10.8. The third-order valence-corrected chi connectivity index (χ3v) is 2.53. The lowest BCUT2D eigenvalue weighted by atomic mass is 10.1. The minimum Gasteiger partial charge on any atom is -0.507 e. The fraction of sp³-hybridized carbons (Fsp3) is 0.462. The van der Waals surface area contributed by atoms with E-state index in [-0.39, 0.29) is 36.9 Å². The summed E-state index contributed by atoms with van der Waals surface area (Å²) in [4.78, 5) is 13.6. The lowest BCUT2D eigenvalue weighted by molar-refractivity contribution is 0.0738. The molecule has 0 aliphatic heterocycles. The van der Waals surface area contributed by atoms with Crippen molar-refractivity contribution in [1.82, 2.24) is 4.90 Å². The number of nitrogens with zero attached hydrogens (tertiary/aromatic N) is 1. The van der Waals surface area contributed by atoms with Crippen LogP contribution in [0.4, 0.5) is 4.39 Å². The number of hydrogen-bond donors (Lipinski definition) is 2. The van der Waals surface area contributed by atoms with Gasteiger partial charge in [0.1, 0.15) is 11.6 Å². The highest BCUT2D eigenvalue weighted by atomic mass is 19.1. The van der Waals surface area contributed by atoms with Crippen LogP contribution in [0.1, 0.15) is 10.4 Å². The van der Waals surface area contributed by atoms with Gasteiger partial charge in [0.25, 0.3) is 0 Å². The number of benzene rings is 1. The number of ketones is 1. The first-order valence-electron chi connectivity index (χ1n) is 5.93. The lowest BCUT2D eigenvalue weighted by Crippen LogP contribution is -2.29. The number of rotatable bonds is 8. The number of Topliss-reactive ketones (excluding diaryl/α,β-unsaturated/α-hetero) is 1. The maximum atomic E-state index is 13.0. The van der Waals surface area contributed by atoms with Gasteiger partial charge in [0.15, 0.2) is 5.78 Å². The summed E-state index contributed by atoms with van der Waals surface area (Å²) >= 11 is 0. The Morgan fingerprint density at radius 3 is 2.84 bits per heavy atom. The molecule has 0 radical (unpaired) electrons. The van der Waals surface area contributed by atoms with Gasteiger partial charge in [-0.3, -0.25) is 9.69 Å². The number of carbonyl (C=O) groups is 1. The second kappa shape index (κ2) is 7.83. The zero-order chi connectivity index (χ0) is 14.3. The van der Waals surface area contributed by atoms with Gasteiger partial charge in [-0.05, 0) is 25.2 Å². The molecular formula is C13H18FNO4.